The zero-order valence-corrected chi connectivity index (χ0v) is 14.8. The first-order valence-corrected chi connectivity index (χ1v) is 8.54. The summed E-state index contributed by atoms with van der Waals surface area (Å²) in [5.74, 6) is -2.32. The fourth-order valence-electron chi connectivity index (χ4n) is 2.94. The van der Waals surface area contributed by atoms with E-state index >= 15 is 0 Å². The van der Waals surface area contributed by atoms with E-state index < -0.39 is 36.4 Å². The Morgan fingerprint density at radius 3 is 2.50 bits per heavy atom. The lowest BCUT2D eigenvalue weighted by Crippen LogP contribution is -2.29. The van der Waals surface area contributed by atoms with Crippen LogP contribution in [-0.2, 0) is 4.79 Å². The molecule has 0 radical (unpaired) electrons. The van der Waals surface area contributed by atoms with Crippen LogP contribution in [0.4, 0.5) is 22.0 Å². The summed E-state index contributed by atoms with van der Waals surface area (Å²) < 4.78 is 67.6. The molecule has 0 saturated heterocycles. The first-order chi connectivity index (χ1) is 13.1. The topological polar surface area (TPSA) is 51.2 Å². The van der Waals surface area contributed by atoms with Gasteiger partial charge < -0.3 is 10.1 Å². The van der Waals surface area contributed by atoms with Crippen LogP contribution < -0.4 is 10.1 Å². The van der Waals surface area contributed by atoms with Gasteiger partial charge in [0.2, 0.25) is 5.91 Å². The van der Waals surface area contributed by atoms with Gasteiger partial charge in [-0.15, -0.1) is 0 Å². The van der Waals surface area contributed by atoms with Crippen LogP contribution in [0.2, 0.25) is 0 Å². The van der Waals surface area contributed by atoms with Gasteiger partial charge in [0.05, 0.1) is 17.9 Å². The summed E-state index contributed by atoms with van der Waals surface area (Å²) in [5, 5.41) is 2.75. The molecule has 0 bridgehead atoms. The van der Waals surface area contributed by atoms with Gasteiger partial charge in [0.25, 0.3) is 0 Å². The average molecular weight is 400 g/mol. The van der Waals surface area contributed by atoms with Gasteiger partial charge in [0, 0.05) is 12.0 Å². The molecule has 1 saturated carbocycles. The molecule has 9 heteroatoms. The minimum Gasteiger partial charge on any atom is -0.483 e. The molecule has 1 amide bonds. The van der Waals surface area contributed by atoms with E-state index in [9.17, 15) is 26.7 Å². The summed E-state index contributed by atoms with van der Waals surface area (Å²) in [6.07, 6.45) is -2.80. The molecule has 1 aliphatic rings. The molecule has 1 fully saturated rings. The molecule has 0 aliphatic heterocycles. The number of rotatable bonds is 6. The van der Waals surface area contributed by atoms with Crippen LogP contribution >= 0.6 is 0 Å². The van der Waals surface area contributed by atoms with Crippen molar-refractivity contribution in [3.05, 3.63) is 59.4 Å². The van der Waals surface area contributed by atoms with Gasteiger partial charge >= 0.3 is 6.18 Å². The van der Waals surface area contributed by atoms with Crippen molar-refractivity contribution < 1.29 is 31.5 Å². The Labute approximate surface area is 157 Å². The predicted octanol–water partition coefficient (Wildman–Crippen LogP) is 4.28. The fourth-order valence-corrected chi connectivity index (χ4v) is 2.94. The molecule has 1 aliphatic carbocycles. The predicted molar refractivity (Wildman–Crippen MR) is 89.6 cm³/mol. The van der Waals surface area contributed by atoms with Gasteiger partial charge in [-0.05, 0) is 49.1 Å². The molecular weight excluding hydrogens is 383 g/mol. The highest BCUT2D eigenvalue weighted by Crippen LogP contribution is 2.48. The van der Waals surface area contributed by atoms with E-state index in [1.54, 1.807) is 6.92 Å². The number of carbonyl (C=O) groups is 1. The van der Waals surface area contributed by atoms with Crippen molar-refractivity contribution in [2.45, 2.75) is 31.5 Å². The van der Waals surface area contributed by atoms with Gasteiger partial charge in [-0.2, -0.15) is 13.2 Å². The second kappa shape index (κ2) is 7.73. The molecule has 28 heavy (non-hydrogen) atoms. The molecule has 3 atom stereocenters. The zero-order valence-electron chi connectivity index (χ0n) is 14.8. The lowest BCUT2D eigenvalue weighted by molar-refractivity contribution is -0.153. The number of amides is 1. The van der Waals surface area contributed by atoms with Gasteiger partial charge in [0.1, 0.15) is 17.4 Å². The van der Waals surface area contributed by atoms with Crippen molar-refractivity contribution >= 4 is 5.91 Å². The monoisotopic (exact) mass is 400 g/mol. The molecule has 150 valence electrons. The van der Waals surface area contributed by atoms with Crippen LogP contribution in [0, 0.1) is 17.6 Å². The van der Waals surface area contributed by atoms with Crippen molar-refractivity contribution in [2.24, 2.45) is 5.92 Å². The molecule has 1 N–H and O–H groups in total. The maximum absolute atomic E-state index is 13.3. The summed E-state index contributed by atoms with van der Waals surface area (Å²) in [7, 11) is 0. The molecule has 3 rings (SSSR count). The summed E-state index contributed by atoms with van der Waals surface area (Å²) in [6, 6.07) is 5.51. The lowest BCUT2D eigenvalue weighted by Gasteiger charge is -2.14. The zero-order chi connectivity index (χ0) is 20.5. The SMILES string of the molecule is CC(NC(=O)[C@@H]1C[C@H]1c1cc(F)cc(F)c1)c1ccc(OCC(F)(F)F)cn1. The number of pyridine rings is 1. The normalized spacial score (nSPS) is 19.8. The highest BCUT2D eigenvalue weighted by Gasteiger charge is 2.44. The average Bonchev–Trinajstić information content (AvgIpc) is 3.40. The Hall–Kier alpha value is -2.71. The number of halogens is 5. The van der Waals surface area contributed by atoms with E-state index in [-0.39, 0.29) is 17.6 Å². The molecule has 0 spiro atoms. The Morgan fingerprint density at radius 1 is 1.25 bits per heavy atom. The number of alkyl halides is 3. The van der Waals surface area contributed by atoms with Crippen LogP contribution in [0.15, 0.2) is 36.5 Å². The third-order valence-electron chi connectivity index (χ3n) is 4.40. The first-order valence-electron chi connectivity index (χ1n) is 8.54. The Kier molecular flexibility index (Phi) is 5.53. The first kappa shape index (κ1) is 20.0. The third kappa shape index (κ3) is 5.17. The van der Waals surface area contributed by atoms with Crippen molar-refractivity contribution in [3.8, 4) is 5.75 Å². The minimum atomic E-state index is -4.44. The van der Waals surface area contributed by atoms with Crippen LogP contribution in [0.1, 0.15) is 36.6 Å². The molecular formula is C19H17F5N2O2. The van der Waals surface area contributed by atoms with E-state index in [1.807, 2.05) is 0 Å². The second-order valence-electron chi connectivity index (χ2n) is 6.70. The number of carbonyl (C=O) groups excluding carboxylic acids is 1. The molecule has 4 nitrogen and oxygen atoms in total. The molecule has 2 aromatic rings. The summed E-state index contributed by atoms with van der Waals surface area (Å²) in [4.78, 5) is 16.4. The Balaban J connectivity index is 1.55. The highest BCUT2D eigenvalue weighted by atomic mass is 19.4. The van der Waals surface area contributed by atoms with E-state index in [4.69, 9.17) is 0 Å². The second-order valence-corrected chi connectivity index (χ2v) is 6.70. The number of nitrogens with zero attached hydrogens (tertiary/aromatic N) is 1. The number of benzene rings is 1. The number of ether oxygens (including phenoxy) is 1. The van der Waals surface area contributed by atoms with E-state index in [0.717, 1.165) is 12.3 Å². The summed E-state index contributed by atoms with van der Waals surface area (Å²) >= 11 is 0. The molecule has 1 heterocycles. The van der Waals surface area contributed by atoms with Crippen LogP contribution in [0.5, 0.6) is 5.75 Å². The molecule has 1 aromatic heterocycles. The molecule has 1 unspecified atom stereocenters. The number of hydrogen-bond donors (Lipinski definition) is 1. The standard InChI is InChI=1S/C19H17F5N2O2/c1-10(17-3-2-14(8-25-17)28-9-19(22,23)24)26-18(27)16-7-15(16)11-4-12(20)6-13(21)5-11/h2-6,8,10,15-16H,7,9H2,1H3,(H,26,27)/t10?,15-,16+/m0/s1. The Morgan fingerprint density at radius 2 is 1.93 bits per heavy atom. The lowest BCUT2D eigenvalue weighted by atomic mass is 10.1. The Bertz CT molecular complexity index is 834. The summed E-state index contributed by atoms with van der Waals surface area (Å²) in [5.41, 5.74) is 0.885. The van der Waals surface area contributed by atoms with Crippen molar-refractivity contribution in [2.75, 3.05) is 6.61 Å². The number of aromatic nitrogens is 1. The number of nitrogens with one attached hydrogen (secondary N) is 1. The van der Waals surface area contributed by atoms with Gasteiger partial charge in [-0.3, -0.25) is 9.78 Å². The highest BCUT2D eigenvalue weighted by molar-refractivity contribution is 5.83. The quantitative estimate of drug-likeness (QED) is 0.737. The van der Waals surface area contributed by atoms with Crippen LogP contribution in [-0.4, -0.2) is 23.7 Å². The van der Waals surface area contributed by atoms with Crippen molar-refractivity contribution in [3.63, 3.8) is 0 Å². The van der Waals surface area contributed by atoms with Gasteiger partial charge in [-0.1, -0.05) is 0 Å². The van der Waals surface area contributed by atoms with E-state index in [0.29, 0.717) is 17.7 Å². The fraction of sp³-hybridized carbons (Fsp3) is 0.368. The minimum absolute atomic E-state index is 0.0324. The van der Waals surface area contributed by atoms with Crippen LogP contribution in [0.3, 0.4) is 0 Å². The molecule has 1 aromatic carbocycles. The van der Waals surface area contributed by atoms with Crippen LogP contribution in [0.25, 0.3) is 0 Å². The number of hydrogen-bond acceptors (Lipinski definition) is 3. The van der Waals surface area contributed by atoms with Crippen molar-refractivity contribution in [1.82, 2.24) is 10.3 Å². The summed E-state index contributed by atoms with van der Waals surface area (Å²) in [6.45, 7) is 0.264. The maximum Gasteiger partial charge on any atom is 0.422 e. The third-order valence-corrected chi connectivity index (χ3v) is 4.40. The van der Waals surface area contributed by atoms with Crippen molar-refractivity contribution in [1.29, 1.82) is 0 Å². The van der Waals surface area contributed by atoms with Gasteiger partial charge in [0.15, 0.2) is 6.61 Å². The maximum atomic E-state index is 13.3. The van der Waals surface area contributed by atoms with E-state index in [1.165, 1.54) is 24.3 Å². The van der Waals surface area contributed by atoms with E-state index in [2.05, 4.69) is 15.0 Å². The largest absolute Gasteiger partial charge is 0.483 e. The van der Waals surface area contributed by atoms with Gasteiger partial charge in [-0.25, -0.2) is 8.78 Å². The smallest absolute Gasteiger partial charge is 0.422 e.